The van der Waals surface area contributed by atoms with E-state index in [4.69, 9.17) is 12.2 Å². The van der Waals surface area contributed by atoms with Crippen LogP contribution in [-0.4, -0.2) is 5.91 Å². The molecule has 1 aromatic heterocycles. The van der Waals surface area contributed by atoms with Gasteiger partial charge in [-0.3, -0.25) is 4.79 Å². The summed E-state index contributed by atoms with van der Waals surface area (Å²) in [7, 11) is 0. The van der Waals surface area contributed by atoms with Crippen LogP contribution in [0.15, 0.2) is 0 Å². The maximum Gasteiger partial charge on any atom is 0.227 e. The van der Waals surface area contributed by atoms with Crippen molar-refractivity contribution in [2.75, 3.05) is 5.32 Å². The molecule has 2 rings (SSSR count). The Labute approximate surface area is 115 Å². The number of amides is 1. The van der Waals surface area contributed by atoms with E-state index in [-0.39, 0.29) is 11.8 Å². The fraction of sp³-hybridized carbons (Fsp3) is 0.462. The number of nitrogens with one attached hydrogen (secondary N) is 1. The summed E-state index contributed by atoms with van der Waals surface area (Å²) in [6, 6.07) is 2.22. The van der Waals surface area contributed by atoms with Gasteiger partial charge in [-0.1, -0.05) is 26.1 Å². The maximum absolute atomic E-state index is 11.7. The van der Waals surface area contributed by atoms with Gasteiger partial charge in [0.25, 0.3) is 0 Å². The Kier molecular flexibility index (Phi) is 3.79. The van der Waals surface area contributed by atoms with E-state index in [1.54, 1.807) is 0 Å². The summed E-state index contributed by atoms with van der Waals surface area (Å²) in [6.07, 6.45) is 2.89. The zero-order valence-corrected chi connectivity index (χ0v) is 12.0. The molecule has 0 saturated heterocycles. The van der Waals surface area contributed by atoms with Crippen molar-refractivity contribution >= 4 is 34.5 Å². The SMILES string of the molecule is CC(C)C(=O)Nc1sc(=S)c2c(c1C#N)CCC2. The smallest absolute Gasteiger partial charge is 0.227 e. The minimum absolute atomic E-state index is 0.0740. The van der Waals surface area contributed by atoms with Gasteiger partial charge in [0.1, 0.15) is 11.1 Å². The predicted octanol–water partition coefficient (Wildman–Crippen LogP) is 3.43. The van der Waals surface area contributed by atoms with Crippen LogP contribution in [0.2, 0.25) is 0 Å². The molecule has 18 heavy (non-hydrogen) atoms. The number of fused-ring (bicyclic) bond motifs is 1. The molecule has 0 saturated carbocycles. The second kappa shape index (κ2) is 5.17. The Hall–Kier alpha value is -1.25. The number of carbonyl (C=O) groups is 1. The topological polar surface area (TPSA) is 52.9 Å². The lowest BCUT2D eigenvalue weighted by Gasteiger charge is -2.11. The standard InChI is InChI=1S/C13H14N2OS2/c1-7(2)11(16)15-12-10(6-14)8-4-3-5-9(8)13(17)18-12/h7H,3-5H2,1-2H3,(H,15,16). The molecular weight excluding hydrogens is 264 g/mol. The minimum atomic E-state index is -0.106. The molecule has 94 valence electrons. The van der Waals surface area contributed by atoms with Crippen molar-refractivity contribution in [2.45, 2.75) is 33.1 Å². The average molecular weight is 278 g/mol. The van der Waals surface area contributed by atoms with E-state index in [1.165, 1.54) is 11.3 Å². The highest BCUT2D eigenvalue weighted by atomic mass is 32.1. The van der Waals surface area contributed by atoms with Crippen molar-refractivity contribution < 1.29 is 4.79 Å². The average Bonchev–Trinajstić information content (AvgIpc) is 2.78. The molecule has 1 aliphatic carbocycles. The fourth-order valence-electron chi connectivity index (χ4n) is 2.05. The first-order chi connectivity index (χ1) is 8.54. The third kappa shape index (κ3) is 2.31. The third-order valence-electron chi connectivity index (χ3n) is 3.06. The van der Waals surface area contributed by atoms with E-state index in [0.717, 1.165) is 34.2 Å². The highest BCUT2D eigenvalue weighted by Gasteiger charge is 2.21. The van der Waals surface area contributed by atoms with Gasteiger partial charge >= 0.3 is 0 Å². The molecule has 3 nitrogen and oxygen atoms in total. The molecule has 1 aliphatic rings. The van der Waals surface area contributed by atoms with Gasteiger partial charge in [-0.15, -0.1) is 11.3 Å². The monoisotopic (exact) mass is 278 g/mol. The second-order valence-corrected chi connectivity index (χ2v) is 6.35. The van der Waals surface area contributed by atoms with Crippen LogP contribution in [0.5, 0.6) is 0 Å². The van der Waals surface area contributed by atoms with E-state index >= 15 is 0 Å². The molecule has 0 spiro atoms. The molecule has 0 unspecified atom stereocenters. The van der Waals surface area contributed by atoms with E-state index in [1.807, 2.05) is 13.8 Å². The van der Waals surface area contributed by atoms with Crippen LogP contribution in [-0.2, 0) is 17.6 Å². The van der Waals surface area contributed by atoms with Crippen LogP contribution in [0.25, 0.3) is 0 Å². The van der Waals surface area contributed by atoms with Gasteiger partial charge in [0.15, 0.2) is 0 Å². The number of hydrogen-bond donors (Lipinski definition) is 1. The highest BCUT2D eigenvalue weighted by molar-refractivity contribution is 7.73. The Morgan fingerprint density at radius 1 is 1.44 bits per heavy atom. The van der Waals surface area contributed by atoms with Crippen LogP contribution >= 0.6 is 23.6 Å². The lowest BCUT2D eigenvalue weighted by Crippen LogP contribution is -2.18. The van der Waals surface area contributed by atoms with Gasteiger partial charge in [0.2, 0.25) is 5.91 Å². The van der Waals surface area contributed by atoms with E-state index in [9.17, 15) is 10.1 Å². The van der Waals surface area contributed by atoms with Gasteiger partial charge < -0.3 is 5.32 Å². The Morgan fingerprint density at radius 2 is 2.11 bits per heavy atom. The number of anilines is 1. The van der Waals surface area contributed by atoms with Gasteiger partial charge in [-0.05, 0) is 30.4 Å². The first-order valence-corrected chi connectivity index (χ1v) is 7.17. The predicted molar refractivity (Wildman–Crippen MR) is 75.4 cm³/mol. The van der Waals surface area contributed by atoms with Crippen LogP contribution in [0.4, 0.5) is 5.00 Å². The summed E-state index contributed by atoms with van der Waals surface area (Å²) in [5, 5.41) is 12.7. The molecule has 1 amide bonds. The Bertz CT molecular complexity index is 596. The van der Waals surface area contributed by atoms with Gasteiger partial charge in [0.05, 0.1) is 9.39 Å². The van der Waals surface area contributed by atoms with Crippen LogP contribution in [0.1, 0.15) is 37.0 Å². The van der Waals surface area contributed by atoms with Crippen molar-refractivity contribution in [1.82, 2.24) is 0 Å². The summed E-state index contributed by atoms with van der Waals surface area (Å²) in [5.41, 5.74) is 2.78. The number of nitrogens with zero attached hydrogens (tertiary/aromatic N) is 1. The van der Waals surface area contributed by atoms with Crippen molar-refractivity contribution in [1.29, 1.82) is 5.26 Å². The summed E-state index contributed by atoms with van der Waals surface area (Å²) in [6.45, 7) is 3.65. The summed E-state index contributed by atoms with van der Waals surface area (Å²) >= 11 is 6.69. The molecule has 0 bridgehead atoms. The second-order valence-electron chi connectivity index (χ2n) is 4.66. The third-order valence-corrected chi connectivity index (χ3v) is 4.50. The lowest BCUT2D eigenvalue weighted by atomic mass is 10.1. The lowest BCUT2D eigenvalue weighted by molar-refractivity contribution is -0.118. The highest BCUT2D eigenvalue weighted by Crippen LogP contribution is 2.35. The molecule has 1 heterocycles. The minimum Gasteiger partial charge on any atom is -0.316 e. The molecule has 0 radical (unpaired) electrons. The molecular formula is C13H14N2OS2. The van der Waals surface area contributed by atoms with Crippen molar-refractivity contribution in [2.24, 2.45) is 5.92 Å². The van der Waals surface area contributed by atoms with Crippen molar-refractivity contribution in [3.05, 3.63) is 20.5 Å². The Balaban J connectivity index is 2.49. The molecule has 0 aliphatic heterocycles. The van der Waals surface area contributed by atoms with Gasteiger partial charge in [-0.25, -0.2) is 0 Å². The normalized spacial score (nSPS) is 13.2. The largest absolute Gasteiger partial charge is 0.316 e. The maximum atomic E-state index is 11.7. The van der Waals surface area contributed by atoms with Crippen molar-refractivity contribution in [3.8, 4) is 6.07 Å². The molecule has 1 aromatic rings. The van der Waals surface area contributed by atoms with Crippen LogP contribution in [0.3, 0.4) is 0 Å². The van der Waals surface area contributed by atoms with Crippen molar-refractivity contribution in [3.63, 3.8) is 0 Å². The zero-order valence-electron chi connectivity index (χ0n) is 10.4. The van der Waals surface area contributed by atoms with Gasteiger partial charge in [-0.2, -0.15) is 5.26 Å². The summed E-state index contributed by atoms with van der Waals surface area (Å²) in [4.78, 5) is 11.7. The summed E-state index contributed by atoms with van der Waals surface area (Å²) in [5.74, 6) is -0.180. The van der Waals surface area contributed by atoms with E-state index < -0.39 is 0 Å². The number of rotatable bonds is 2. The molecule has 5 heteroatoms. The van der Waals surface area contributed by atoms with Crippen LogP contribution in [0, 0.1) is 21.1 Å². The first-order valence-electron chi connectivity index (χ1n) is 5.94. The number of nitriles is 1. The van der Waals surface area contributed by atoms with Gasteiger partial charge in [0, 0.05) is 5.92 Å². The van der Waals surface area contributed by atoms with Crippen LogP contribution < -0.4 is 5.32 Å². The number of carbonyl (C=O) groups excluding carboxylic acids is 1. The fourth-order valence-corrected chi connectivity index (χ4v) is 3.48. The Morgan fingerprint density at radius 3 is 2.72 bits per heavy atom. The number of hydrogen-bond acceptors (Lipinski definition) is 4. The first kappa shape index (κ1) is 13.2. The quantitative estimate of drug-likeness (QED) is 0.843. The van der Waals surface area contributed by atoms with E-state index in [2.05, 4.69) is 11.4 Å². The molecule has 0 aromatic carbocycles. The van der Waals surface area contributed by atoms with E-state index in [0.29, 0.717) is 10.6 Å². The zero-order chi connectivity index (χ0) is 13.3. The molecule has 1 N–H and O–H groups in total. The molecule has 0 atom stereocenters. The molecule has 0 fully saturated rings. The summed E-state index contributed by atoms with van der Waals surface area (Å²) < 4.78 is 0.806.